The van der Waals surface area contributed by atoms with Crippen molar-refractivity contribution in [1.29, 1.82) is 0 Å². The molecule has 1 atom stereocenters. The second-order valence-electron chi connectivity index (χ2n) is 7.69. The molecule has 3 aromatic rings. The lowest BCUT2D eigenvalue weighted by Crippen LogP contribution is -2.20. The largest absolute Gasteiger partial charge is 0.493 e. The fraction of sp³-hybridized carbons (Fsp3) is 0.259. The van der Waals surface area contributed by atoms with Crippen LogP contribution < -0.4 is 19.5 Å². The molecule has 0 aliphatic carbocycles. The first kappa shape index (κ1) is 22.3. The first-order valence-corrected chi connectivity index (χ1v) is 12.1. The lowest BCUT2D eigenvalue weighted by molar-refractivity contribution is -0.119. The molecule has 176 valence electrons. The van der Waals surface area contributed by atoms with Gasteiger partial charge in [-0.3, -0.25) is 14.9 Å². The molecular weight excluding hydrogens is 450 g/mol. The first-order valence-electron chi connectivity index (χ1n) is 11.7. The van der Waals surface area contributed by atoms with Gasteiger partial charge in [0.15, 0.2) is 0 Å². The molecule has 6 nitrogen and oxygen atoms in total. The zero-order valence-electron chi connectivity index (χ0n) is 19.9. The van der Waals surface area contributed by atoms with Crippen LogP contribution in [-0.2, 0) is 11.2 Å². The van der Waals surface area contributed by atoms with Crippen LogP contribution in [0, 0.1) is 0 Å². The van der Waals surface area contributed by atoms with Crippen molar-refractivity contribution in [3.05, 3.63) is 83.9 Å². The molecule has 1 saturated heterocycles. The summed E-state index contributed by atoms with van der Waals surface area (Å²) in [5.74, 6) is 2.30. The molecule has 1 heterocycles. The molecule has 34 heavy (non-hydrogen) atoms. The van der Waals surface area contributed by atoms with Gasteiger partial charge in [0.05, 0.1) is 14.6 Å². The molecule has 4 rings (SSSR count). The van der Waals surface area contributed by atoms with E-state index in [2.05, 4.69) is 12.2 Å². The number of ether oxygens (including phenoxy) is 3. The van der Waals surface area contributed by atoms with Crippen molar-refractivity contribution in [2.75, 3.05) is 13.2 Å². The second-order valence-corrected chi connectivity index (χ2v) is 8.67. The second kappa shape index (κ2) is 11.6. The number of carbonyl (C=O) groups is 2. The maximum atomic E-state index is 12.0. The summed E-state index contributed by atoms with van der Waals surface area (Å²) in [5.41, 5.74) is 1.50. The van der Waals surface area contributed by atoms with Gasteiger partial charge in [0.25, 0.3) is 5.24 Å². The zero-order chi connectivity index (χ0) is 24.7. The minimum absolute atomic E-state index is 0.404. The van der Waals surface area contributed by atoms with Crippen LogP contribution in [0.15, 0.2) is 72.8 Å². The fourth-order valence-corrected chi connectivity index (χ4v) is 4.23. The molecule has 1 aliphatic rings. The van der Waals surface area contributed by atoms with E-state index in [0.717, 1.165) is 35.7 Å². The van der Waals surface area contributed by atoms with E-state index in [-0.39, 0.29) is 0 Å². The summed E-state index contributed by atoms with van der Waals surface area (Å²) in [7, 11) is 0. The van der Waals surface area contributed by atoms with Gasteiger partial charge in [0.2, 0.25) is 5.91 Å². The van der Waals surface area contributed by atoms with Crippen molar-refractivity contribution in [1.82, 2.24) is 5.32 Å². The summed E-state index contributed by atoms with van der Waals surface area (Å²) in [6, 6.07) is 22.3. The molecular formula is C27H27NO5S. The maximum absolute atomic E-state index is 12.0. The fourth-order valence-electron chi connectivity index (χ4n) is 3.51. The van der Waals surface area contributed by atoms with E-state index in [9.17, 15) is 9.59 Å². The van der Waals surface area contributed by atoms with E-state index in [1.807, 2.05) is 48.5 Å². The number of imide groups is 1. The van der Waals surface area contributed by atoms with Crippen LogP contribution >= 0.6 is 11.8 Å². The number of nitrogens with one attached hydrogen (secondary N) is 1. The molecule has 2 amide bonds. The topological polar surface area (TPSA) is 73.9 Å². The highest BCUT2D eigenvalue weighted by atomic mass is 32.2. The number of carbonyl (C=O) groups excluding carboxylic acids is 2. The van der Waals surface area contributed by atoms with E-state index in [1.54, 1.807) is 24.3 Å². The Labute approximate surface area is 205 Å². The third-order valence-corrected chi connectivity index (χ3v) is 5.97. The number of benzene rings is 3. The van der Waals surface area contributed by atoms with Gasteiger partial charge < -0.3 is 14.2 Å². The van der Waals surface area contributed by atoms with Gasteiger partial charge in [-0.2, -0.15) is 0 Å². The number of hydrogen-bond donors (Lipinski definition) is 1. The zero-order valence-corrected chi connectivity index (χ0v) is 19.7. The summed E-state index contributed by atoms with van der Waals surface area (Å²) in [6.07, 6.45) is 2.52. The molecule has 0 spiro atoms. The van der Waals surface area contributed by atoms with Crippen LogP contribution in [0.5, 0.6) is 23.0 Å². The third-order valence-electron chi connectivity index (χ3n) is 5.06. The predicted octanol–water partition coefficient (Wildman–Crippen LogP) is 6.30. The highest BCUT2D eigenvalue weighted by Crippen LogP contribution is 2.35. The van der Waals surface area contributed by atoms with E-state index >= 15 is 0 Å². The van der Waals surface area contributed by atoms with Gasteiger partial charge in [0.1, 0.15) is 28.2 Å². The summed E-state index contributed by atoms with van der Waals surface area (Å²) >= 11 is 0.656. The summed E-state index contributed by atoms with van der Waals surface area (Å²) < 4.78 is 26.1. The SMILES string of the molecule is [2H][C@]1(c2cccc(OCCCOc3ccc(Oc4ccccc4)cc3CCC)c2)SC(=O)NC1=O. The van der Waals surface area contributed by atoms with E-state index < -0.39 is 16.4 Å². The smallest absolute Gasteiger partial charge is 0.286 e. The number of para-hydroxylation sites is 1. The summed E-state index contributed by atoms with van der Waals surface area (Å²) in [5, 5.41) is -0.0448. The molecule has 1 N–H and O–H groups in total. The number of rotatable bonds is 11. The predicted molar refractivity (Wildman–Crippen MR) is 133 cm³/mol. The van der Waals surface area contributed by atoms with Gasteiger partial charge in [-0.05, 0) is 71.8 Å². The van der Waals surface area contributed by atoms with Crippen molar-refractivity contribution < 1.29 is 25.2 Å². The molecule has 1 aliphatic heterocycles. The monoisotopic (exact) mass is 478 g/mol. The number of thioether (sulfide) groups is 1. The molecule has 0 radical (unpaired) electrons. The average Bonchev–Trinajstić information content (AvgIpc) is 3.13. The van der Waals surface area contributed by atoms with Crippen LogP contribution in [0.3, 0.4) is 0 Å². The molecule has 7 heteroatoms. The highest BCUT2D eigenvalue weighted by molar-refractivity contribution is 8.15. The molecule has 0 bridgehead atoms. The van der Waals surface area contributed by atoms with Crippen LogP contribution in [-0.4, -0.2) is 24.4 Å². The van der Waals surface area contributed by atoms with Gasteiger partial charge in [-0.15, -0.1) is 0 Å². The molecule has 3 aromatic carbocycles. The first-order chi connectivity index (χ1) is 17.0. The van der Waals surface area contributed by atoms with Gasteiger partial charge in [-0.25, -0.2) is 0 Å². The Balaban J connectivity index is 1.30. The van der Waals surface area contributed by atoms with Crippen molar-refractivity contribution in [2.45, 2.75) is 31.4 Å². The standard InChI is InChI=1S/C27H27NO5S/c1-2-8-19-17-23(33-21-10-4-3-5-11-21)13-14-24(19)32-16-7-15-31-22-12-6-9-20(18-22)25-26(29)28-27(30)34-25/h3-6,9-14,17-18,25H,2,7-8,15-16H2,1H3,(H,28,29,30)/t25-/m1/s1/i25D. The van der Waals surface area contributed by atoms with Gasteiger partial charge in [0, 0.05) is 6.42 Å². The Morgan fingerprint density at radius 1 is 0.912 bits per heavy atom. The van der Waals surface area contributed by atoms with Crippen LogP contribution in [0.1, 0.15) is 37.5 Å². The lowest BCUT2D eigenvalue weighted by atomic mass is 10.1. The maximum Gasteiger partial charge on any atom is 0.286 e. The van der Waals surface area contributed by atoms with Crippen molar-refractivity contribution in [3.8, 4) is 23.0 Å². The van der Waals surface area contributed by atoms with Crippen LogP contribution in [0.25, 0.3) is 0 Å². The quantitative estimate of drug-likeness (QED) is 0.326. The molecule has 1 fully saturated rings. The minimum Gasteiger partial charge on any atom is -0.493 e. The summed E-state index contributed by atoms with van der Waals surface area (Å²) in [4.78, 5) is 23.5. The van der Waals surface area contributed by atoms with Crippen LogP contribution in [0.2, 0.25) is 0 Å². The lowest BCUT2D eigenvalue weighted by Gasteiger charge is -2.14. The Morgan fingerprint density at radius 2 is 1.71 bits per heavy atom. The Kier molecular flexibility index (Phi) is 7.63. The molecule has 0 unspecified atom stereocenters. The Hall–Kier alpha value is -3.45. The van der Waals surface area contributed by atoms with E-state index in [4.69, 9.17) is 15.6 Å². The number of aryl methyl sites for hydroxylation is 1. The van der Waals surface area contributed by atoms with E-state index in [1.165, 1.54) is 0 Å². The average molecular weight is 479 g/mol. The Bertz CT molecular complexity index is 1190. The van der Waals surface area contributed by atoms with E-state index in [0.29, 0.717) is 42.7 Å². The minimum atomic E-state index is -1.69. The van der Waals surface area contributed by atoms with Crippen molar-refractivity contribution >= 4 is 22.9 Å². The van der Waals surface area contributed by atoms with Crippen LogP contribution in [0.4, 0.5) is 4.79 Å². The normalized spacial score (nSPS) is 17.7. The Morgan fingerprint density at radius 3 is 2.47 bits per heavy atom. The summed E-state index contributed by atoms with van der Waals surface area (Å²) in [6.45, 7) is 3.01. The van der Waals surface area contributed by atoms with Gasteiger partial charge in [-0.1, -0.05) is 43.7 Å². The third kappa shape index (κ3) is 6.32. The van der Waals surface area contributed by atoms with Crippen molar-refractivity contribution in [2.24, 2.45) is 0 Å². The number of hydrogen-bond acceptors (Lipinski definition) is 6. The molecule has 0 saturated carbocycles. The highest BCUT2D eigenvalue weighted by Gasteiger charge is 2.32. The number of amides is 2. The van der Waals surface area contributed by atoms with Crippen molar-refractivity contribution in [3.63, 3.8) is 0 Å². The van der Waals surface area contributed by atoms with Gasteiger partial charge >= 0.3 is 0 Å². The molecule has 0 aromatic heterocycles.